The van der Waals surface area contributed by atoms with E-state index in [0.29, 0.717) is 88.2 Å². The molecular weight excluding hydrogens is 909 g/mol. The van der Waals surface area contributed by atoms with Crippen LogP contribution in [0.4, 0.5) is 0 Å². The summed E-state index contributed by atoms with van der Waals surface area (Å²) in [7, 11) is -0.789. The number of nitrogens with one attached hydrogen (secondary N) is 1. The average molecular weight is 989 g/mol. The van der Waals surface area contributed by atoms with Gasteiger partial charge in [0, 0.05) is 51.0 Å². The van der Waals surface area contributed by atoms with E-state index in [1.54, 1.807) is 66.0 Å². The molecule has 4 N–H and O–H groups in total. The van der Waals surface area contributed by atoms with Crippen molar-refractivity contribution >= 4 is 39.2 Å². The van der Waals surface area contributed by atoms with Gasteiger partial charge in [0.1, 0.15) is 30.1 Å². The standard InChI is InChI=1S/C52H80N2O14S/c1-31-16-12-10-9-11-13-17-32(2)46(57)48(66-8)47(58)35(5)26-33(3)43(56)30-44(34(4)27-37-20-24-42(55)45(28-37)65-7)67-51(61)41-18-14-15-25-54(41)50(60)49(59)52(62)36(6)19-21-38(68-52)29-40(31)53-69(63,64)39-22-23-39/h9-12,16,26,32-34,36-42,44-45,47-48,53,55,58,62H,13-15,17-25,27-30H2,1-8H3/b11-9+,12-10+,31-16+,35-26+/t32?,33?,34-,36+,37+,38-,40?,41?,42-,44?,45-,47?,48?,52+/m1/s1. The van der Waals surface area contributed by atoms with Crippen molar-refractivity contribution in [2.24, 2.45) is 29.6 Å². The fourth-order valence-corrected chi connectivity index (χ4v) is 12.0. The summed E-state index contributed by atoms with van der Waals surface area (Å²) >= 11 is 0. The number of nitrogens with zero attached hydrogens (tertiary/aromatic N) is 1. The van der Waals surface area contributed by atoms with Gasteiger partial charge >= 0.3 is 5.97 Å². The predicted octanol–water partition coefficient (Wildman–Crippen LogP) is 5.37. The Morgan fingerprint density at radius 2 is 1.61 bits per heavy atom. The van der Waals surface area contributed by atoms with E-state index in [9.17, 15) is 47.7 Å². The summed E-state index contributed by atoms with van der Waals surface area (Å²) in [5, 5.41) is 33.5. The molecule has 14 atom stereocenters. The summed E-state index contributed by atoms with van der Waals surface area (Å²) in [6.45, 7) is 10.4. The van der Waals surface area contributed by atoms with Gasteiger partial charge in [-0.25, -0.2) is 17.9 Å². The molecule has 2 aliphatic carbocycles. The topological polar surface area (TPSA) is 232 Å². The monoisotopic (exact) mass is 989 g/mol. The summed E-state index contributed by atoms with van der Waals surface area (Å²) in [5.41, 5.74) is 1.02. The van der Waals surface area contributed by atoms with Gasteiger partial charge < -0.3 is 39.2 Å². The van der Waals surface area contributed by atoms with Crippen molar-refractivity contribution in [1.29, 1.82) is 0 Å². The van der Waals surface area contributed by atoms with Crippen LogP contribution >= 0.6 is 0 Å². The SMILES string of the molecule is COC1C(=O)C(C)CC/C=C/C=C/C=C(\C)C(NS(=O)(=O)C2CC2)C[C@H]2CC[C@H](C)[C@](O)(O2)C(=O)C(=O)N2CCCCC2C(=O)OC([C@H](C)C[C@@H]2CC[C@@H](O)[C@H](OC)C2)CC(=O)C(C)/C=C(\C)C1O. The number of rotatable bonds is 8. The molecule has 69 heavy (non-hydrogen) atoms. The summed E-state index contributed by atoms with van der Waals surface area (Å²) in [5.74, 6) is -8.59. The smallest absolute Gasteiger partial charge is 0.329 e. The number of methoxy groups -OCH3 is 2. The molecule has 2 bridgehead atoms. The van der Waals surface area contributed by atoms with Gasteiger partial charge in [-0.15, -0.1) is 0 Å². The molecule has 5 aliphatic rings. The number of allylic oxidation sites excluding steroid dienone is 6. The zero-order chi connectivity index (χ0) is 50.8. The highest BCUT2D eigenvalue weighted by atomic mass is 32.2. The third kappa shape index (κ3) is 14.8. The molecule has 16 nitrogen and oxygen atoms in total. The van der Waals surface area contributed by atoms with Gasteiger partial charge in [0.15, 0.2) is 5.78 Å². The number of hydrogen-bond donors (Lipinski definition) is 4. The number of esters is 1. The third-order valence-electron chi connectivity index (χ3n) is 15.3. The minimum Gasteiger partial charge on any atom is -0.460 e. The molecule has 2 saturated heterocycles. The number of cyclic esters (lactones) is 1. The fraction of sp³-hybridized carbons (Fsp3) is 0.750. The number of aliphatic hydroxyl groups is 3. The number of amides is 1. The molecule has 0 aromatic carbocycles. The van der Waals surface area contributed by atoms with Crippen LogP contribution in [0.25, 0.3) is 0 Å². The molecular formula is C52H80N2O14S. The van der Waals surface area contributed by atoms with Crippen LogP contribution in [0.2, 0.25) is 0 Å². The molecule has 0 aromatic heterocycles. The average Bonchev–Trinajstić information content (AvgIpc) is 4.19. The van der Waals surface area contributed by atoms with Crippen LogP contribution in [0.3, 0.4) is 0 Å². The normalized spacial score (nSPS) is 39.0. The minimum atomic E-state index is -3.70. The van der Waals surface area contributed by atoms with Crippen molar-refractivity contribution in [2.45, 2.75) is 198 Å². The Labute approximate surface area is 409 Å². The highest BCUT2D eigenvalue weighted by Gasteiger charge is 2.53. The third-order valence-corrected chi connectivity index (χ3v) is 17.2. The minimum absolute atomic E-state index is 0.0328. The summed E-state index contributed by atoms with van der Waals surface area (Å²) < 4.78 is 52.9. The molecule has 0 spiro atoms. The van der Waals surface area contributed by atoms with Gasteiger partial charge in [-0.1, -0.05) is 69.7 Å². The molecule has 17 heteroatoms. The van der Waals surface area contributed by atoms with Crippen molar-refractivity contribution in [3.8, 4) is 0 Å². The largest absolute Gasteiger partial charge is 0.460 e. The molecule has 5 rings (SSSR count). The Bertz CT molecular complexity index is 2050. The van der Waals surface area contributed by atoms with E-state index in [1.165, 1.54) is 7.11 Å². The highest BCUT2D eigenvalue weighted by Crippen LogP contribution is 2.38. The lowest BCUT2D eigenvalue weighted by molar-refractivity contribution is -0.264. The van der Waals surface area contributed by atoms with Crippen molar-refractivity contribution < 1.29 is 66.7 Å². The van der Waals surface area contributed by atoms with Crippen LogP contribution in [0.15, 0.2) is 47.6 Å². The number of hydrogen-bond acceptors (Lipinski definition) is 14. The Kier molecular flexibility index (Phi) is 20.7. The number of Topliss-reactive ketones (excluding diaryl/α,β-unsaturated/α-hetero) is 3. The number of ether oxygens (including phenoxy) is 4. The van der Waals surface area contributed by atoms with E-state index in [0.717, 1.165) is 4.90 Å². The van der Waals surface area contributed by atoms with Crippen LogP contribution < -0.4 is 4.72 Å². The summed E-state index contributed by atoms with van der Waals surface area (Å²) in [6.07, 6.45) is 11.5. The van der Waals surface area contributed by atoms with Crippen LogP contribution in [0.1, 0.15) is 138 Å². The van der Waals surface area contributed by atoms with Gasteiger partial charge in [-0.2, -0.15) is 0 Å². The second-order valence-corrected chi connectivity index (χ2v) is 22.7. The number of carbonyl (C=O) groups excluding carboxylic acids is 5. The van der Waals surface area contributed by atoms with Gasteiger partial charge in [0.25, 0.3) is 11.7 Å². The first-order valence-electron chi connectivity index (χ1n) is 25.2. The van der Waals surface area contributed by atoms with Gasteiger partial charge in [-0.3, -0.25) is 19.2 Å². The number of sulfonamides is 1. The van der Waals surface area contributed by atoms with E-state index in [2.05, 4.69) is 4.72 Å². The maximum Gasteiger partial charge on any atom is 0.329 e. The number of piperidine rings is 1. The number of fused-ring (bicyclic) bond motifs is 3. The zero-order valence-corrected chi connectivity index (χ0v) is 42.9. The second kappa shape index (κ2) is 25.3. The van der Waals surface area contributed by atoms with E-state index in [1.807, 2.05) is 19.1 Å². The molecule has 7 unspecified atom stereocenters. The Hall–Kier alpha value is -3.42. The van der Waals surface area contributed by atoms with E-state index in [-0.39, 0.29) is 55.3 Å². The van der Waals surface area contributed by atoms with Crippen molar-refractivity contribution in [3.63, 3.8) is 0 Å². The van der Waals surface area contributed by atoms with Crippen LogP contribution in [0, 0.1) is 29.6 Å². The van der Waals surface area contributed by atoms with E-state index >= 15 is 0 Å². The molecule has 0 aromatic rings. The molecule has 388 valence electrons. The van der Waals surface area contributed by atoms with Crippen molar-refractivity contribution in [3.05, 3.63) is 47.6 Å². The number of carbonyl (C=O) groups is 5. The van der Waals surface area contributed by atoms with Crippen molar-refractivity contribution in [1.82, 2.24) is 9.62 Å². The molecule has 0 radical (unpaired) electrons. The predicted molar refractivity (Wildman–Crippen MR) is 259 cm³/mol. The Morgan fingerprint density at radius 1 is 0.884 bits per heavy atom. The first kappa shape index (κ1) is 56.5. The lowest BCUT2D eigenvalue weighted by Crippen LogP contribution is -2.61. The van der Waals surface area contributed by atoms with E-state index < -0.39 is 99.1 Å². The molecule has 1 amide bonds. The van der Waals surface area contributed by atoms with Gasteiger partial charge in [-0.05, 0) is 121 Å². The molecule has 3 aliphatic heterocycles. The Morgan fingerprint density at radius 3 is 2.29 bits per heavy atom. The van der Waals surface area contributed by atoms with Crippen LogP contribution in [-0.2, 0) is 52.9 Å². The quantitative estimate of drug-likeness (QED) is 0.136. The van der Waals surface area contributed by atoms with E-state index in [4.69, 9.17) is 18.9 Å². The lowest BCUT2D eigenvalue weighted by Gasteiger charge is -2.43. The van der Waals surface area contributed by atoms with Crippen LogP contribution in [-0.4, -0.2) is 138 Å². The summed E-state index contributed by atoms with van der Waals surface area (Å²) in [4.78, 5) is 72.0. The summed E-state index contributed by atoms with van der Waals surface area (Å²) in [6, 6.07) is -1.96. The number of ketones is 3. The molecule has 3 heterocycles. The first-order valence-corrected chi connectivity index (χ1v) is 26.8. The Balaban J connectivity index is 1.48. The number of aliphatic hydroxyl groups excluding tert-OH is 2. The maximum absolute atomic E-state index is 14.4. The molecule has 4 fully saturated rings. The van der Waals surface area contributed by atoms with Gasteiger partial charge in [0.05, 0.1) is 23.6 Å². The maximum atomic E-state index is 14.4. The van der Waals surface area contributed by atoms with Gasteiger partial charge in [0.2, 0.25) is 15.8 Å². The zero-order valence-electron chi connectivity index (χ0n) is 42.0. The highest BCUT2D eigenvalue weighted by molar-refractivity contribution is 7.90. The van der Waals surface area contributed by atoms with Crippen LogP contribution in [0.5, 0.6) is 0 Å². The molecule has 2 saturated carbocycles. The lowest BCUT2D eigenvalue weighted by atomic mass is 9.78. The first-order chi connectivity index (χ1) is 32.6. The second-order valence-electron chi connectivity index (χ2n) is 20.7. The van der Waals surface area contributed by atoms with Crippen molar-refractivity contribution in [2.75, 3.05) is 20.8 Å². The fourth-order valence-electron chi connectivity index (χ4n) is 10.3.